The van der Waals surface area contributed by atoms with Crippen LogP contribution in [0.2, 0.25) is 0 Å². The standard InChI is InChI=1S/C22H28O8/c1-15-7-5-9-19(24)28-11-3-4-12-29-20(25)10-6-8-16-13-17(27-2)14-18(23)21(16)22(26)30-15/h6,8,13-15,23H,3-5,7,9-12H2,1-2H3/b8-6+/t15-/m0/s1. The molecule has 1 atom stereocenters. The van der Waals surface area contributed by atoms with Crippen LogP contribution >= 0.6 is 0 Å². The molecular formula is C22H28O8. The van der Waals surface area contributed by atoms with Crippen LogP contribution in [0.3, 0.4) is 0 Å². The number of carbonyl (C=O) groups excluding carboxylic acids is 3. The van der Waals surface area contributed by atoms with E-state index >= 15 is 0 Å². The molecule has 1 N–H and O–H groups in total. The summed E-state index contributed by atoms with van der Waals surface area (Å²) in [6.45, 7) is 2.23. The zero-order valence-corrected chi connectivity index (χ0v) is 17.3. The molecule has 0 fully saturated rings. The van der Waals surface area contributed by atoms with Crippen LogP contribution in [0.1, 0.15) is 61.4 Å². The number of aromatic hydroxyl groups is 1. The molecule has 164 valence electrons. The van der Waals surface area contributed by atoms with Crippen LogP contribution < -0.4 is 4.74 Å². The first kappa shape index (κ1) is 23.3. The van der Waals surface area contributed by atoms with E-state index in [9.17, 15) is 19.5 Å². The Morgan fingerprint density at radius 1 is 1.03 bits per heavy atom. The van der Waals surface area contributed by atoms with Crippen molar-refractivity contribution >= 4 is 24.0 Å². The third-order valence-electron chi connectivity index (χ3n) is 4.51. The van der Waals surface area contributed by atoms with Crippen LogP contribution in [-0.2, 0) is 23.8 Å². The molecular weight excluding hydrogens is 392 g/mol. The van der Waals surface area contributed by atoms with Crippen molar-refractivity contribution in [3.8, 4) is 11.5 Å². The zero-order chi connectivity index (χ0) is 21.9. The number of phenolic OH excluding ortho intramolecular Hbond substituents is 1. The van der Waals surface area contributed by atoms with Gasteiger partial charge in [-0.3, -0.25) is 9.59 Å². The minimum atomic E-state index is -0.703. The molecule has 1 aromatic rings. The molecule has 30 heavy (non-hydrogen) atoms. The predicted octanol–water partition coefficient (Wildman–Crippen LogP) is 3.40. The fourth-order valence-electron chi connectivity index (χ4n) is 2.92. The lowest BCUT2D eigenvalue weighted by Crippen LogP contribution is -2.17. The van der Waals surface area contributed by atoms with Crippen molar-refractivity contribution in [1.29, 1.82) is 0 Å². The number of phenols is 1. The van der Waals surface area contributed by atoms with Crippen LogP contribution in [-0.4, -0.2) is 49.4 Å². The second-order valence-corrected chi connectivity index (χ2v) is 6.97. The lowest BCUT2D eigenvalue weighted by Gasteiger charge is -2.16. The van der Waals surface area contributed by atoms with Crippen molar-refractivity contribution in [3.63, 3.8) is 0 Å². The Labute approximate surface area is 175 Å². The molecule has 1 aliphatic heterocycles. The van der Waals surface area contributed by atoms with Crippen molar-refractivity contribution < 1.29 is 38.4 Å². The van der Waals surface area contributed by atoms with Gasteiger partial charge in [0.15, 0.2) is 0 Å². The maximum absolute atomic E-state index is 12.7. The number of hydrogen-bond donors (Lipinski definition) is 1. The van der Waals surface area contributed by atoms with Gasteiger partial charge in [0.2, 0.25) is 0 Å². The quantitative estimate of drug-likeness (QED) is 0.544. The first-order valence-corrected chi connectivity index (χ1v) is 10.0. The fourth-order valence-corrected chi connectivity index (χ4v) is 2.92. The smallest absolute Gasteiger partial charge is 0.342 e. The number of carbonyl (C=O) groups is 3. The first-order valence-electron chi connectivity index (χ1n) is 10.0. The molecule has 8 heteroatoms. The lowest BCUT2D eigenvalue weighted by molar-refractivity contribution is -0.145. The van der Waals surface area contributed by atoms with E-state index in [1.54, 1.807) is 25.1 Å². The summed E-state index contributed by atoms with van der Waals surface area (Å²) >= 11 is 0. The summed E-state index contributed by atoms with van der Waals surface area (Å²) in [6, 6.07) is 2.89. The molecule has 8 nitrogen and oxygen atoms in total. The van der Waals surface area contributed by atoms with Crippen LogP contribution in [0, 0.1) is 0 Å². The number of methoxy groups -OCH3 is 1. The SMILES string of the molecule is COc1cc(O)c2c(c1)/C=C/CC(=O)OCCCCOC(=O)CCC[C@H](C)OC2=O. The van der Waals surface area contributed by atoms with Gasteiger partial charge >= 0.3 is 17.9 Å². The maximum Gasteiger partial charge on any atom is 0.342 e. The molecule has 0 amide bonds. The van der Waals surface area contributed by atoms with Gasteiger partial charge in [-0.25, -0.2) is 4.79 Å². The molecule has 0 saturated heterocycles. The summed E-state index contributed by atoms with van der Waals surface area (Å²) in [6.07, 6.45) is 5.04. The number of benzene rings is 1. The van der Waals surface area contributed by atoms with Crippen LogP contribution in [0.5, 0.6) is 11.5 Å². The fraction of sp³-hybridized carbons (Fsp3) is 0.500. The van der Waals surface area contributed by atoms with Gasteiger partial charge in [-0.2, -0.15) is 0 Å². The van der Waals surface area contributed by atoms with Crippen LogP contribution in [0.15, 0.2) is 18.2 Å². The zero-order valence-electron chi connectivity index (χ0n) is 17.3. The first-order chi connectivity index (χ1) is 14.4. The van der Waals surface area contributed by atoms with Crippen LogP contribution in [0.25, 0.3) is 6.08 Å². The van der Waals surface area contributed by atoms with Gasteiger partial charge in [0.25, 0.3) is 0 Å². The normalized spacial score (nSPS) is 21.0. The highest BCUT2D eigenvalue weighted by molar-refractivity contribution is 5.97. The van der Waals surface area contributed by atoms with E-state index in [2.05, 4.69) is 0 Å². The van der Waals surface area contributed by atoms with E-state index < -0.39 is 18.0 Å². The largest absolute Gasteiger partial charge is 0.507 e. The molecule has 0 unspecified atom stereocenters. The van der Waals surface area contributed by atoms with Crippen molar-refractivity contribution in [2.45, 2.75) is 51.6 Å². The van der Waals surface area contributed by atoms with Crippen LogP contribution in [0.4, 0.5) is 0 Å². The summed E-state index contributed by atoms with van der Waals surface area (Å²) < 4.78 is 20.8. The number of rotatable bonds is 1. The molecule has 0 bridgehead atoms. The summed E-state index contributed by atoms with van der Waals surface area (Å²) in [4.78, 5) is 36.3. The molecule has 2 rings (SSSR count). The van der Waals surface area contributed by atoms with Gasteiger partial charge in [-0.05, 0) is 44.2 Å². The summed E-state index contributed by atoms with van der Waals surface area (Å²) in [5.41, 5.74) is 0.336. The molecule has 0 aliphatic carbocycles. The Hall–Kier alpha value is -3.03. The average Bonchev–Trinajstić information content (AvgIpc) is 2.69. The van der Waals surface area contributed by atoms with Crippen molar-refractivity contribution in [3.05, 3.63) is 29.3 Å². The third kappa shape index (κ3) is 7.42. The highest BCUT2D eigenvalue weighted by Crippen LogP contribution is 2.30. The summed E-state index contributed by atoms with van der Waals surface area (Å²) in [7, 11) is 1.44. The molecule has 0 aromatic heterocycles. The van der Waals surface area contributed by atoms with Gasteiger partial charge in [-0.15, -0.1) is 0 Å². The lowest BCUT2D eigenvalue weighted by atomic mass is 10.0. The number of fused-ring (bicyclic) bond motifs is 1. The number of cyclic esters (lactones) is 3. The van der Waals surface area contributed by atoms with Gasteiger partial charge in [0, 0.05) is 12.5 Å². The Kier molecular flexibility index (Phi) is 9.18. The van der Waals surface area contributed by atoms with E-state index in [-0.39, 0.29) is 43.3 Å². The molecule has 0 radical (unpaired) electrons. The topological polar surface area (TPSA) is 108 Å². The van der Waals surface area contributed by atoms with Gasteiger partial charge in [0.1, 0.15) is 17.1 Å². The highest BCUT2D eigenvalue weighted by Gasteiger charge is 2.21. The van der Waals surface area contributed by atoms with E-state index in [1.165, 1.54) is 13.2 Å². The third-order valence-corrected chi connectivity index (χ3v) is 4.51. The van der Waals surface area contributed by atoms with Gasteiger partial charge < -0.3 is 24.1 Å². The summed E-state index contributed by atoms with van der Waals surface area (Å²) in [5.74, 6) is -1.38. The molecule has 0 spiro atoms. The van der Waals surface area contributed by atoms with E-state index in [0.29, 0.717) is 37.0 Å². The number of hydrogen-bond acceptors (Lipinski definition) is 8. The highest BCUT2D eigenvalue weighted by atomic mass is 16.5. The minimum absolute atomic E-state index is 0.00213. The second-order valence-electron chi connectivity index (χ2n) is 6.97. The minimum Gasteiger partial charge on any atom is -0.507 e. The predicted molar refractivity (Wildman–Crippen MR) is 108 cm³/mol. The second kappa shape index (κ2) is 11.8. The Morgan fingerprint density at radius 3 is 2.43 bits per heavy atom. The van der Waals surface area contributed by atoms with Gasteiger partial charge in [0.05, 0.1) is 32.8 Å². The van der Waals surface area contributed by atoms with E-state index in [0.717, 1.165) is 0 Å². The number of ether oxygens (including phenoxy) is 4. The molecule has 1 aromatic carbocycles. The Morgan fingerprint density at radius 2 is 1.73 bits per heavy atom. The monoisotopic (exact) mass is 420 g/mol. The molecule has 1 heterocycles. The van der Waals surface area contributed by atoms with E-state index in [1.807, 2.05) is 0 Å². The maximum atomic E-state index is 12.7. The van der Waals surface area contributed by atoms with Crippen molar-refractivity contribution in [2.75, 3.05) is 20.3 Å². The van der Waals surface area contributed by atoms with E-state index in [4.69, 9.17) is 18.9 Å². The van der Waals surface area contributed by atoms with Crippen molar-refractivity contribution in [2.24, 2.45) is 0 Å². The Balaban J connectivity index is 2.22. The molecule has 1 aliphatic rings. The average molecular weight is 420 g/mol. The van der Waals surface area contributed by atoms with Gasteiger partial charge in [-0.1, -0.05) is 12.2 Å². The summed E-state index contributed by atoms with van der Waals surface area (Å²) in [5, 5.41) is 10.3. The van der Waals surface area contributed by atoms with Crippen molar-refractivity contribution in [1.82, 2.24) is 0 Å². The number of esters is 3. The molecule has 0 saturated carbocycles. The Bertz CT molecular complexity index is 784.